The molecule has 4 atom stereocenters. The SMILES string of the molecule is CC1C(CN2CCC(n3c(=O)[nH]c4ccccc43)CC2)OC(c2ccc(NC(=O)Nc3ccc(Oc4ccccc4)cc3)cc2)OC1c1ccc(CO)cc1. The molecule has 0 aliphatic carbocycles. The molecule has 5 aromatic carbocycles. The van der Waals surface area contributed by atoms with E-state index in [4.69, 9.17) is 14.2 Å². The number of para-hydroxylation sites is 3. The largest absolute Gasteiger partial charge is 0.457 e. The summed E-state index contributed by atoms with van der Waals surface area (Å²) in [6.07, 6.45) is 0.717. The van der Waals surface area contributed by atoms with Crippen molar-refractivity contribution in [2.75, 3.05) is 30.3 Å². The smallest absolute Gasteiger partial charge is 0.326 e. The van der Waals surface area contributed by atoms with E-state index < -0.39 is 6.29 Å². The fraction of sp³-hybridized carbons (Fsp3) is 0.273. The third-order valence-corrected chi connectivity index (χ3v) is 10.6. The molecule has 2 aliphatic heterocycles. The summed E-state index contributed by atoms with van der Waals surface area (Å²) < 4.78 is 21.2. The van der Waals surface area contributed by atoms with Crippen LogP contribution in [0.15, 0.2) is 132 Å². The van der Waals surface area contributed by atoms with Gasteiger partial charge in [-0.1, -0.05) is 73.7 Å². The molecule has 2 saturated heterocycles. The maximum Gasteiger partial charge on any atom is 0.326 e. The van der Waals surface area contributed by atoms with E-state index in [0.717, 1.165) is 65.9 Å². The highest BCUT2D eigenvalue weighted by atomic mass is 16.7. The van der Waals surface area contributed by atoms with Gasteiger partial charge in [0.15, 0.2) is 6.29 Å². The Morgan fingerprint density at radius 1 is 0.782 bits per heavy atom. The van der Waals surface area contributed by atoms with Crippen LogP contribution in [-0.4, -0.2) is 51.3 Å². The number of hydrogen-bond donors (Lipinski definition) is 4. The highest BCUT2D eigenvalue weighted by Gasteiger charge is 2.39. The predicted octanol–water partition coefficient (Wildman–Crippen LogP) is 8.39. The number of amides is 2. The highest BCUT2D eigenvalue weighted by Crippen LogP contribution is 2.42. The summed E-state index contributed by atoms with van der Waals surface area (Å²) >= 11 is 0. The van der Waals surface area contributed by atoms with Crippen LogP contribution in [0.4, 0.5) is 16.2 Å². The number of piperidine rings is 1. The number of imidazole rings is 1. The zero-order valence-electron chi connectivity index (χ0n) is 30.6. The number of aliphatic hydroxyl groups excluding tert-OH is 1. The van der Waals surface area contributed by atoms with Crippen LogP contribution in [0.2, 0.25) is 0 Å². The van der Waals surface area contributed by atoms with Gasteiger partial charge >= 0.3 is 11.7 Å². The first-order valence-corrected chi connectivity index (χ1v) is 18.8. The van der Waals surface area contributed by atoms with Gasteiger partial charge in [-0.2, -0.15) is 0 Å². The Hall–Kier alpha value is -5.72. The van der Waals surface area contributed by atoms with E-state index in [1.54, 1.807) is 24.3 Å². The topological polar surface area (TPSA) is 130 Å². The maximum absolute atomic E-state index is 12.9. The lowest BCUT2D eigenvalue weighted by Crippen LogP contribution is -2.47. The number of hydrogen-bond acceptors (Lipinski definition) is 7. The molecule has 0 radical (unpaired) electrons. The lowest BCUT2D eigenvalue weighted by Gasteiger charge is -2.44. The zero-order valence-corrected chi connectivity index (χ0v) is 30.6. The number of fused-ring (bicyclic) bond motifs is 1. The average Bonchev–Trinajstić information content (AvgIpc) is 3.56. The number of likely N-dealkylation sites (tertiary alicyclic amines) is 1. The van der Waals surface area contributed by atoms with Crippen LogP contribution in [0.5, 0.6) is 11.5 Å². The number of aromatic nitrogens is 2. The molecule has 2 aliphatic rings. The minimum atomic E-state index is -0.634. The fourth-order valence-corrected chi connectivity index (χ4v) is 7.63. The number of urea groups is 1. The van der Waals surface area contributed by atoms with E-state index in [9.17, 15) is 14.7 Å². The van der Waals surface area contributed by atoms with Crippen molar-refractivity contribution in [2.24, 2.45) is 5.92 Å². The summed E-state index contributed by atoms with van der Waals surface area (Å²) in [5.41, 5.74) is 5.73. The normalized spacial score (nSPS) is 20.6. The predicted molar refractivity (Wildman–Crippen MR) is 212 cm³/mol. The van der Waals surface area contributed by atoms with Crippen LogP contribution >= 0.6 is 0 Å². The Morgan fingerprint density at radius 3 is 2.09 bits per heavy atom. The lowest BCUT2D eigenvalue weighted by atomic mass is 9.89. The van der Waals surface area contributed by atoms with Gasteiger partial charge in [-0.15, -0.1) is 0 Å². The number of anilines is 2. The number of nitrogens with one attached hydrogen (secondary N) is 3. The monoisotopic (exact) mass is 739 g/mol. The van der Waals surface area contributed by atoms with E-state index in [0.29, 0.717) is 17.1 Å². The van der Waals surface area contributed by atoms with Crippen LogP contribution in [-0.2, 0) is 16.1 Å². The van der Waals surface area contributed by atoms with Gasteiger partial charge < -0.3 is 39.8 Å². The molecule has 2 amide bonds. The minimum absolute atomic E-state index is 0.0231. The molecule has 55 heavy (non-hydrogen) atoms. The number of rotatable bonds is 10. The molecular formula is C44H45N5O6. The first-order valence-electron chi connectivity index (χ1n) is 18.8. The molecule has 8 rings (SSSR count). The van der Waals surface area contributed by atoms with Crippen molar-refractivity contribution < 1.29 is 24.1 Å². The second-order valence-electron chi connectivity index (χ2n) is 14.3. The summed E-state index contributed by atoms with van der Waals surface area (Å²) in [5, 5.41) is 15.4. The average molecular weight is 740 g/mol. The third kappa shape index (κ3) is 8.35. The van der Waals surface area contributed by atoms with Crippen molar-refractivity contribution in [3.8, 4) is 11.5 Å². The number of carbonyl (C=O) groups excluding carboxylic acids is 1. The molecule has 4 unspecified atom stereocenters. The van der Waals surface area contributed by atoms with Gasteiger partial charge in [0.1, 0.15) is 11.5 Å². The fourth-order valence-electron chi connectivity index (χ4n) is 7.63. The number of carbonyl (C=O) groups is 1. The molecule has 6 aromatic rings. The summed E-state index contributed by atoms with van der Waals surface area (Å²) in [6.45, 7) is 4.56. The van der Waals surface area contributed by atoms with Crippen molar-refractivity contribution in [2.45, 2.75) is 50.9 Å². The number of aromatic amines is 1. The third-order valence-electron chi connectivity index (χ3n) is 10.6. The second kappa shape index (κ2) is 16.3. The Kier molecular flexibility index (Phi) is 10.8. The van der Waals surface area contributed by atoms with Crippen LogP contribution in [0.3, 0.4) is 0 Å². The van der Waals surface area contributed by atoms with Gasteiger partial charge in [0.2, 0.25) is 0 Å². The molecule has 0 saturated carbocycles. The van der Waals surface area contributed by atoms with Crippen molar-refractivity contribution in [3.05, 3.63) is 155 Å². The van der Waals surface area contributed by atoms with Crippen molar-refractivity contribution >= 4 is 28.4 Å². The summed E-state index contributed by atoms with van der Waals surface area (Å²) in [5.74, 6) is 1.45. The van der Waals surface area contributed by atoms with Crippen molar-refractivity contribution in [1.82, 2.24) is 14.5 Å². The van der Waals surface area contributed by atoms with E-state index in [1.165, 1.54) is 0 Å². The number of ether oxygens (including phenoxy) is 3. The first-order chi connectivity index (χ1) is 26.9. The highest BCUT2D eigenvalue weighted by molar-refractivity contribution is 5.99. The lowest BCUT2D eigenvalue weighted by molar-refractivity contribution is -0.276. The summed E-state index contributed by atoms with van der Waals surface area (Å²) in [6, 6.07) is 39.8. The molecule has 1 aromatic heterocycles. The number of aliphatic hydroxyl groups is 1. The molecule has 4 N–H and O–H groups in total. The van der Waals surface area contributed by atoms with Crippen molar-refractivity contribution in [1.29, 1.82) is 0 Å². The molecule has 0 spiro atoms. The number of benzene rings is 5. The van der Waals surface area contributed by atoms with Crippen LogP contribution < -0.4 is 21.1 Å². The van der Waals surface area contributed by atoms with Gasteiger partial charge in [-0.3, -0.25) is 4.57 Å². The molecule has 11 heteroatoms. The Labute approximate surface area is 319 Å². The number of H-pyrrole nitrogens is 1. The quantitative estimate of drug-likeness (QED) is 0.111. The number of nitrogens with zero attached hydrogens (tertiary/aromatic N) is 2. The first kappa shape index (κ1) is 36.3. The molecular weight excluding hydrogens is 695 g/mol. The summed E-state index contributed by atoms with van der Waals surface area (Å²) in [7, 11) is 0. The van der Waals surface area contributed by atoms with Gasteiger partial charge in [-0.05, 0) is 84.6 Å². The van der Waals surface area contributed by atoms with Crippen molar-refractivity contribution in [3.63, 3.8) is 0 Å². The van der Waals surface area contributed by atoms with Crippen LogP contribution in [0, 0.1) is 5.92 Å². The van der Waals surface area contributed by atoms with Gasteiger partial charge in [0.25, 0.3) is 0 Å². The van der Waals surface area contributed by atoms with Gasteiger partial charge in [0, 0.05) is 48.5 Å². The van der Waals surface area contributed by atoms with Gasteiger partial charge in [-0.25, -0.2) is 9.59 Å². The standard InChI is InChI=1S/C44H45N5O6/c1-29-40(27-48-25-23-35(24-26-48)49-39-10-6-5-9-38(39)47-44(49)52)54-42(55-41(29)31-13-11-30(28-50)12-14-31)32-15-17-33(18-16-32)45-43(51)46-34-19-21-37(22-20-34)53-36-7-3-2-4-8-36/h2-22,29,35,40-42,50H,23-28H2,1H3,(H,47,52)(H2,45,46,51). The molecule has 3 heterocycles. The Balaban J connectivity index is 0.920. The minimum Gasteiger partial charge on any atom is -0.457 e. The second-order valence-corrected chi connectivity index (χ2v) is 14.3. The zero-order chi connectivity index (χ0) is 37.7. The van der Waals surface area contributed by atoms with E-state index in [-0.39, 0.29) is 42.5 Å². The van der Waals surface area contributed by atoms with Crippen LogP contribution in [0.25, 0.3) is 11.0 Å². The molecule has 2 fully saturated rings. The van der Waals surface area contributed by atoms with E-state index in [1.807, 2.05) is 108 Å². The maximum atomic E-state index is 12.9. The van der Waals surface area contributed by atoms with E-state index >= 15 is 0 Å². The Bertz CT molecular complexity index is 2250. The molecule has 0 bridgehead atoms. The van der Waals surface area contributed by atoms with Crippen LogP contribution in [0.1, 0.15) is 54.9 Å². The molecule has 282 valence electrons. The van der Waals surface area contributed by atoms with Gasteiger partial charge in [0.05, 0.1) is 29.8 Å². The summed E-state index contributed by atoms with van der Waals surface area (Å²) in [4.78, 5) is 31.2. The molecule has 11 nitrogen and oxygen atoms in total. The van der Waals surface area contributed by atoms with E-state index in [2.05, 4.69) is 27.4 Å². The Morgan fingerprint density at radius 2 is 1.40 bits per heavy atom.